The van der Waals surface area contributed by atoms with Crippen molar-refractivity contribution in [3.8, 4) is 6.07 Å². The molecule has 5 nitrogen and oxygen atoms in total. The summed E-state index contributed by atoms with van der Waals surface area (Å²) < 4.78 is 13.0. The number of benzene rings is 1. The Morgan fingerprint density at radius 2 is 2.11 bits per heavy atom. The summed E-state index contributed by atoms with van der Waals surface area (Å²) in [6, 6.07) is 5.32. The van der Waals surface area contributed by atoms with Gasteiger partial charge in [-0.3, -0.25) is 9.59 Å². The summed E-state index contributed by atoms with van der Waals surface area (Å²) in [5.41, 5.74) is 0.159. The van der Waals surface area contributed by atoms with Crippen molar-refractivity contribution in [1.82, 2.24) is 0 Å². The Labute approximate surface area is 103 Å². The second kappa shape index (κ2) is 6.35. The molecule has 18 heavy (non-hydrogen) atoms. The maximum atomic E-state index is 13.0. The van der Waals surface area contributed by atoms with Crippen molar-refractivity contribution in [1.29, 1.82) is 5.26 Å². The van der Waals surface area contributed by atoms with E-state index in [4.69, 9.17) is 10.4 Å². The number of rotatable bonds is 5. The number of amides is 1. The highest BCUT2D eigenvalue weighted by Gasteiger charge is 2.07. The second-order valence-corrected chi connectivity index (χ2v) is 3.60. The Morgan fingerprint density at radius 3 is 2.72 bits per heavy atom. The lowest BCUT2D eigenvalue weighted by molar-refractivity contribution is -0.137. The van der Waals surface area contributed by atoms with Crippen LogP contribution in [-0.4, -0.2) is 17.0 Å². The van der Waals surface area contributed by atoms with Gasteiger partial charge in [0.2, 0.25) is 5.91 Å². The van der Waals surface area contributed by atoms with Crippen molar-refractivity contribution >= 4 is 17.6 Å². The van der Waals surface area contributed by atoms with Gasteiger partial charge in [-0.15, -0.1) is 0 Å². The largest absolute Gasteiger partial charge is 0.481 e. The molecule has 0 heterocycles. The molecule has 94 valence electrons. The first kappa shape index (κ1) is 13.6. The van der Waals surface area contributed by atoms with Crippen LogP contribution in [0.4, 0.5) is 10.1 Å². The number of aliphatic carboxylic acids is 1. The Morgan fingerprint density at radius 1 is 1.39 bits per heavy atom. The van der Waals surface area contributed by atoms with Gasteiger partial charge in [0.1, 0.15) is 11.9 Å². The molecule has 0 saturated carbocycles. The van der Waals surface area contributed by atoms with Gasteiger partial charge in [-0.05, 0) is 24.6 Å². The summed E-state index contributed by atoms with van der Waals surface area (Å²) in [5.74, 6) is -1.98. The lowest BCUT2D eigenvalue weighted by Gasteiger charge is -2.05. The predicted molar refractivity (Wildman–Crippen MR) is 61.2 cm³/mol. The van der Waals surface area contributed by atoms with Crippen molar-refractivity contribution in [2.45, 2.75) is 19.3 Å². The van der Waals surface area contributed by atoms with Crippen molar-refractivity contribution in [3.05, 3.63) is 29.6 Å². The van der Waals surface area contributed by atoms with Gasteiger partial charge in [0, 0.05) is 18.5 Å². The summed E-state index contributed by atoms with van der Waals surface area (Å²) in [6.07, 6.45) is 0.208. The van der Waals surface area contributed by atoms with Gasteiger partial charge in [0.05, 0.1) is 5.56 Å². The molecule has 0 saturated heterocycles. The molecule has 0 aliphatic rings. The zero-order chi connectivity index (χ0) is 13.5. The number of carboxylic acids is 1. The standard InChI is InChI=1S/C12H11FN2O3/c13-10-5-4-9(6-8(10)7-14)15-11(16)2-1-3-12(17)18/h4-6H,1-3H2,(H,15,16)(H,17,18). The van der Waals surface area contributed by atoms with E-state index in [9.17, 15) is 14.0 Å². The van der Waals surface area contributed by atoms with E-state index >= 15 is 0 Å². The van der Waals surface area contributed by atoms with Crippen LogP contribution in [0.1, 0.15) is 24.8 Å². The molecular formula is C12H11FN2O3. The minimum Gasteiger partial charge on any atom is -0.481 e. The number of nitrogens with zero attached hydrogens (tertiary/aromatic N) is 1. The number of carbonyl (C=O) groups is 2. The van der Waals surface area contributed by atoms with Crippen molar-refractivity contribution in [3.63, 3.8) is 0 Å². The quantitative estimate of drug-likeness (QED) is 0.834. The molecule has 0 bridgehead atoms. The molecule has 2 N–H and O–H groups in total. The van der Waals surface area contributed by atoms with E-state index in [1.54, 1.807) is 6.07 Å². The SMILES string of the molecule is N#Cc1cc(NC(=O)CCCC(=O)O)ccc1F. The molecule has 0 atom stereocenters. The number of hydrogen-bond donors (Lipinski definition) is 2. The number of hydrogen-bond acceptors (Lipinski definition) is 3. The van der Waals surface area contributed by atoms with Crippen molar-refractivity contribution in [2.75, 3.05) is 5.32 Å². The Bertz CT molecular complexity index is 509. The summed E-state index contributed by atoms with van der Waals surface area (Å²) in [7, 11) is 0. The van der Waals surface area contributed by atoms with Crippen LogP contribution in [-0.2, 0) is 9.59 Å². The minimum absolute atomic E-state index is 0.0611. The van der Waals surface area contributed by atoms with Gasteiger partial charge in [0.25, 0.3) is 0 Å². The molecule has 0 unspecified atom stereocenters. The van der Waals surface area contributed by atoms with Crippen LogP contribution in [0, 0.1) is 17.1 Å². The fraction of sp³-hybridized carbons (Fsp3) is 0.250. The molecule has 1 aromatic carbocycles. The fourth-order valence-electron chi connectivity index (χ4n) is 1.31. The normalized spacial score (nSPS) is 9.56. The van der Waals surface area contributed by atoms with Crippen molar-refractivity contribution < 1.29 is 19.1 Å². The lowest BCUT2D eigenvalue weighted by Crippen LogP contribution is -2.12. The smallest absolute Gasteiger partial charge is 0.303 e. The third-order valence-electron chi connectivity index (χ3n) is 2.17. The molecule has 0 spiro atoms. The van der Waals surface area contributed by atoms with Crippen LogP contribution in [0.5, 0.6) is 0 Å². The summed E-state index contributed by atoms with van der Waals surface area (Å²) in [5, 5.41) is 19.5. The number of halogens is 1. The highest BCUT2D eigenvalue weighted by atomic mass is 19.1. The van der Waals surface area contributed by atoms with Gasteiger partial charge in [-0.2, -0.15) is 5.26 Å². The first-order chi connectivity index (χ1) is 8.52. The average molecular weight is 250 g/mol. The number of anilines is 1. The van der Waals surface area contributed by atoms with Gasteiger partial charge in [0.15, 0.2) is 0 Å². The molecule has 0 radical (unpaired) electrons. The topological polar surface area (TPSA) is 90.2 Å². The molecule has 1 aromatic rings. The monoisotopic (exact) mass is 250 g/mol. The van der Waals surface area contributed by atoms with E-state index in [2.05, 4.69) is 5.32 Å². The van der Waals surface area contributed by atoms with E-state index in [1.807, 2.05) is 0 Å². The second-order valence-electron chi connectivity index (χ2n) is 3.60. The van der Waals surface area contributed by atoms with E-state index in [0.717, 1.165) is 6.07 Å². The fourth-order valence-corrected chi connectivity index (χ4v) is 1.31. The number of carbonyl (C=O) groups excluding carboxylic acids is 1. The van der Waals surface area contributed by atoms with E-state index in [0.29, 0.717) is 5.69 Å². The van der Waals surface area contributed by atoms with Crippen LogP contribution in [0.3, 0.4) is 0 Å². The third kappa shape index (κ3) is 4.22. The molecule has 1 rings (SSSR count). The van der Waals surface area contributed by atoms with Crippen LogP contribution >= 0.6 is 0 Å². The highest BCUT2D eigenvalue weighted by molar-refractivity contribution is 5.91. The van der Waals surface area contributed by atoms with Crippen LogP contribution in [0.2, 0.25) is 0 Å². The molecule has 0 aromatic heterocycles. The molecular weight excluding hydrogens is 239 g/mol. The zero-order valence-electron chi connectivity index (χ0n) is 9.44. The Kier molecular flexibility index (Phi) is 4.81. The summed E-state index contributed by atoms with van der Waals surface area (Å²) in [4.78, 5) is 21.6. The minimum atomic E-state index is -0.962. The van der Waals surface area contributed by atoms with Crippen LogP contribution < -0.4 is 5.32 Å². The lowest BCUT2D eigenvalue weighted by atomic mass is 10.2. The molecule has 6 heteroatoms. The Hall–Kier alpha value is -2.42. The highest BCUT2D eigenvalue weighted by Crippen LogP contribution is 2.14. The van der Waals surface area contributed by atoms with Gasteiger partial charge < -0.3 is 10.4 Å². The summed E-state index contributed by atoms with van der Waals surface area (Å²) >= 11 is 0. The van der Waals surface area contributed by atoms with Crippen LogP contribution in [0.25, 0.3) is 0 Å². The van der Waals surface area contributed by atoms with Gasteiger partial charge in [-0.1, -0.05) is 0 Å². The zero-order valence-corrected chi connectivity index (χ0v) is 9.44. The number of nitrogens with one attached hydrogen (secondary N) is 1. The van der Waals surface area contributed by atoms with Gasteiger partial charge >= 0.3 is 5.97 Å². The first-order valence-electron chi connectivity index (χ1n) is 5.24. The van der Waals surface area contributed by atoms with E-state index < -0.39 is 11.8 Å². The van der Waals surface area contributed by atoms with E-state index in [1.165, 1.54) is 12.1 Å². The number of nitriles is 1. The van der Waals surface area contributed by atoms with Crippen molar-refractivity contribution in [2.24, 2.45) is 0 Å². The average Bonchev–Trinajstić information content (AvgIpc) is 2.31. The van der Waals surface area contributed by atoms with Gasteiger partial charge in [-0.25, -0.2) is 4.39 Å². The molecule has 0 aliphatic carbocycles. The molecule has 0 aliphatic heterocycles. The molecule has 1 amide bonds. The summed E-state index contributed by atoms with van der Waals surface area (Å²) in [6.45, 7) is 0. The predicted octanol–water partition coefficient (Wildman–Crippen LogP) is 1.89. The maximum Gasteiger partial charge on any atom is 0.303 e. The number of carboxylic acid groups (broad SMARTS) is 1. The Balaban J connectivity index is 2.55. The van der Waals surface area contributed by atoms with E-state index in [-0.39, 0.29) is 30.7 Å². The maximum absolute atomic E-state index is 13.0. The first-order valence-corrected chi connectivity index (χ1v) is 5.24. The van der Waals surface area contributed by atoms with Crippen LogP contribution in [0.15, 0.2) is 18.2 Å². The third-order valence-corrected chi connectivity index (χ3v) is 2.17. The molecule has 0 fully saturated rings.